The number of carbonyl (C=O) groups is 1. The first-order valence-corrected chi connectivity index (χ1v) is 8.41. The predicted molar refractivity (Wildman–Crippen MR) is 95.0 cm³/mol. The highest BCUT2D eigenvalue weighted by Crippen LogP contribution is 2.26. The van der Waals surface area contributed by atoms with E-state index in [1.165, 1.54) is 0 Å². The Balaban J connectivity index is 1.95. The van der Waals surface area contributed by atoms with Crippen molar-refractivity contribution in [3.05, 3.63) is 24.3 Å². The van der Waals surface area contributed by atoms with Gasteiger partial charge in [0.1, 0.15) is 0 Å². The Kier molecular flexibility index (Phi) is 5.88. The third-order valence-corrected chi connectivity index (χ3v) is 4.75. The molecule has 0 aromatic heterocycles. The lowest BCUT2D eigenvalue weighted by Gasteiger charge is -2.25. The van der Waals surface area contributed by atoms with Gasteiger partial charge in [-0.05, 0) is 44.9 Å². The molecule has 2 atom stereocenters. The summed E-state index contributed by atoms with van der Waals surface area (Å²) in [5.41, 5.74) is 1.87. The molecule has 2 unspecified atom stereocenters. The first kappa shape index (κ1) is 17.6. The van der Waals surface area contributed by atoms with Crippen LogP contribution >= 0.6 is 0 Å². The molecule has 2 rings (SSSR count). The Labute approximate surface area is 139 Å². The van der Waals surface area contributed by atoms with Gasteiger partial charge in [0.25, 0.3) is 0 Å². The van der Waals surface area contributed by atoms with Crippen molar-refractivity contribution in [2.45, 2.75) is 45.3 Å². The van der Waals surface area contributed by atoms with Crippen molar-refractivity contribution in [2.75, 3.05) is 30.9 Å². The van der Waals surface area contributed by atoms with Crippen LogP contribution in [0.1, 0.15) is 33.1 Å². The van der Waals surface area contributed by atoms with E-state index in [4.69, 9.17) is 0 Å². The molecule has 5 nitrogen and oxygen atoms in total. The van der Waals surface area contributed by atoms with Crippen molar-refractivity contribution in [3.8, 4) is 0 Å². The van der Waals surface area contributed by atoms with Gasteiger partial charge in [-0.15, -0.1) is 0 Å². The third kappa shape index (κ3) is 4.61. The van der Waals surface area contributed by atoms with Crippen molar-refractivity contribution in [2.24, 2.45) is 5.92 Å². The van der Waals surface area contributed by atoms with Gasteiger partial charge in [-0.1, -0.05) is 12.5 Å². The summed E-state index contributed by atoms with van der Waals surface area (Å²) >= 11 is 0. The molecule has 5 heteroatoms. The highest BCUT2D eigenvalue weighted by atomic mass is 16.3. The molecular weight excluding hydrogens is 290 g/mol. The smallest absolute Gasteiger partial charge is 0.321 e. The highest BCUT2D eigenvalue weighted by Gasteiger charge is 2.27. The maximum atomic E-state index is 12.3. The number of anilines is 2. The first-order valence-electron chi connectivity index (χ1n) is 8.41. The molecule has 2 N–H and O–H groups in total. The standard InChI is InChI=1S/C18H29N3O2/c1-13(2)21(4)16-9-6-8-15(11-16)19-18(23)20(3)12-14-7-5-10-17(14)22/h6,8-9,11,13-14,17,22H,5,7,10,12H2,1-4H3,(H,19,23). The molecule has 0 saturated heterocycles. The van der Waals surface area contributed by atoms with Gasteiger partial charge < -0.3 is 20.2 Å². The van der Waals surface area contributed by atoms with E-state index in [0.717, 1.165) is 30.6 Å². The van der Waals surface area contributed by atoms with Gasteiger partial charge in [0.2, 0.25) is 0 Å². The quantitative estimate of drug-likeness (QED) is 0.876. The minimum Gasteiger partial charge on any atom is -0.393 e. The van der Waals surface area contributed by atoms with Crippen LogP contribution in [0.2, 0.25) is 0 Å². The molecule has 23 heavy (non-hydrogen) atoms. The van der Waals surface area contributed by atoms with Gasteiger partial charge >= 0.3 is 6.03 Å². The zero-order valence-corrected chi connectivity index (χ0v) is 14.6. The fraction of sp³-hybridized carbons (Fsp3) is 0.611. The zero-order valence-electron chi connectivity index (χ0n) is 14.6. The first-order chi connectivity index (χ1) is 10.9. The Morgan fingerprint density at radius 3 is 2.70 bits per heavy atom. The number of aliphatic hydroxyl groups is 1. The normalized spacial score (nSPS) is 20.6. The zero-order chi connectivity index (χ0) is 17.0. The van der Waals surface area contributed by atoms with Crippen molar-refractivity contribution in [1.82, 2.24) is 4.90 Å². The monoisotopic (exact) mass is 319 g/mol. The summed E-state index contributed by atoms with van der Waals surface area (Å²) in [5, 5.41) is 12.8. The van der Waals surface area contributed by atoms with E-state index in [9.17, 15) is 9.90 Å². The van der Waals surface area contributed by atoms with E-state index in [2.05, 4.69) is 24.1 Å². The van der Waals surface area contributed by atoms with E-state index in [1.807, 2.05) is 31.3 Å². The average molecular weight is 319 g/mol. The minimum atomic E-state index is -0.270. The number of hydrogen-bond acceptors (Lipinski definition) is 3. The van der Waals surface area contributed by atoms with E-state index < -0.39 is 0 Å². The molecule has 2 amide bonds. The summed E-state index contributed by atoms with van der Waals surface area (Å²) in [4.78, 5) is 16.2. The molecule has 0 radical (unpaired) electrons. The highest BCUT2D eigenvalue weighted by molar-refractivity contribution is 5.89. The van der Waals surface area contributed by atoms with E-state index in [-0.39, 0.29) is 18.1 Å². The van der Waals surface area contributed by atoms with Crippen LogP contribution in [0, 0.1) is 5.92 Å². The molecule has 0 bridgehead atoms. The number of urea groups is 1. The van der Waals surface area contributed by atoms with Gasteiger partial charge in [-0.2, -0.15) is 0 Å². The molecule has 1 aliphatic rings. The van der Waals surface area contributed by atoms with Crippen LogP contribution in [0.3, 0.4) is 0 Å². The SMILES string of the molecule is CC(C)N(C)c1cccc(NC(=O)N(C)CC2CCCC2O)c1. The summed E-state index contributed by atoms with van der Waals surface area (Å²) in [5.74, 6) is 0.198. The Morgan fingerprint density at radius 2 is 2.09 bits per heavy atom. The number of aliphatic hydroxyl groups excluding tert-OH is 1. The average Bonchev–Trinajstić information content (AvgIpc) is 2.91. The lowest BCUT2D eigenvalue weighted by atomic mass is 10.1. The molecule has 128 valence electrons. The van der Waals surface area contributed by atoms with E-state index in [0.29, 0.717) is 12.6 Å². The molecule has 1 saturated carbocycles. The summed E-state index contributed by atoms with van der Waals surface area (Å²) in [6, 6.07) is 8.13. The largest absolute Gasteiger partial charge is 0.393 e. The molecule has 0 heterocycles. The fourth-order valence-electron chi connectivity index (χ4n) is 2.99. The molecule has 0 spiro atoms. The second kappa shape index (κ2) is 7.68. The number of rotatable bonds is 5. The lowest BCUT2D eigenvalue weighted by Crippen LogP contribution is -2.37. The lowest BCUT2D eigenvalue weighted by molar-refractivity contribution is 0.116. The molecular formula is C18H29N3O2. The van der Waals surface area contributed by atoms with Crippen LogP contribution in [0.5, 0.6) is 0 Å². The van der Waals surface area contributed by atoms with Gasteiger partial charge in [0, 0.05) is 44.0 Å². The third-order valence-electron chi connectivity index (χ3n) is 4.75. The van der Waals surface area contributed by atoms with Crippen LogP contribution in [0.25, 0.3) is 0 Å². The van der Waals surface area contributed by atoms with Crippen molar-refractivity contribution < 1.29 is 9.90 Å². The molecule has 1 aliphatic carbocycles. The number of nitrogens with zero attached hydrogens (tertiary/aromatic N) is 2. The number of nitrogens with one attached hydrogen (secondary N) is 1. The molecule has 1 aromatic rings. The minimum absolute atomic E-state index is 0.131. The second-order valence-corrected chi connectivity index (χ2v) is 6.82. The van der Waals surface area contributed by atoms with Crippen molar-refractivity contribution in [1.29, 1.82) is 0 Å². The molecule has 0 aliphatic heterocycles. The second-order valence-electron chi connectivity index (χ2n) is 6.82. The summed E-state index contributed by atoms with van der Waals surface area (Å²) < 4.78 is 0. The van der Waals surface area contributed by atoms with Crippen molar-refractivity contribution in [3.63, 3.8) is 0 Å². The van der Waals surface area contributed by atoms with Crippen LogP contribution < -0.4 is 10.2 Å². The van der Waals surface area contributed by atoms with Gasteiger partial charge in [-0.25, -0.2) is 4.79 Å². The Hall–Kier alpha value is -1.75. The summed E-state index contributed by atoms with van der Waals surface area (Å²) in [6.07, 6.45) is 2.62. The number of carbonyl (C=O) groups excluding carboxylic acids is 1. The van der Waals surface area contributed by atoms with E-state index in [1.54, 1.807) is 11.9 Å². The number of hydrogen-bond donors (Lipinski definition) is 2. The maximum absolute atomic E-state index is 12.3. The summed E-state index contributed by atoms with van der Waals surface area (Å²) in [6.45, 7) is 4.86. The van der Waals surface area contributed by atoms with Gasteiger partial charge in [0.15, 0.2) is 0 Å². The number of amides is 2. The van der Waals surface area contributed by atoms with Crippen LogP contribution in [0.4, 0.5) is 16.2 Å². The maximum Gasteiger partial charge on any atom is 0.321 e. The van der Waals surface area contributed by atoms with Gasteiger partial charge in [0.05, 0.1) is 6.10 Å². The Morgan fingerprint density at radius 1 is 1.35 bits per heavy atom. The van der Waals surface area contributed by atoms with Crippen LogP contribution in [0.15, 0.2) is 24.3 Å². The number of benzene rings is 1. The predicted octanol–water partition coefficient (Wildman–Crippen LogP) is 3.16. The molecule has 1 aromatic carbocycles. The van der Waals surface area contributed by atoms with Crippen LogP contribution in [-0.2, 0) is 0 Å². The topological polar surface area (TPSA) is 55.8 Å². The Bertz CT molecular complexity index is 533. The fourth-order valence-corrected chi connectivity index (χ4v) is 2.99. The molecule has 1 fully saturated rings. The van der Waals surface area contributed by atoms with Crippen molar-refractivity contribution >= 4 is 17.4 Å². The van der Waals surface area contributed by atoms with Crippen LogP contribution in [-0.4, -0.2) is 48.8 Å². The summed E-state index contributed by atoms with van der Waals surface area (Å²) in [7, 11) is 3.82. The van der Waals surface area contributed by atoms with E-state index >= 15 is 0 Å². The van der Waals surface area contributed by atoms with Gasteiger partial charge in [-0.3, -0.25) is 0 Å².